The van der Waals surface area contributed by atoms with Gasteiger partial charge in [-0.15, -0.1) is 0 Å². The smallest absolute Gasteiger partial charge is 0.343 e. The van der Waals surface area contributed by atoms with Crippen molar-refractivity contribution in [3.05, 3.63) is 97.6 Å². The van der Waals surface area contributed by atoms with Crippen LogP contribution in [0.4, 0.5) is 0 Å². The second kappa shape index (κ2) is 13.4. The van der Waals surface area contributed by atoms with Gasteiger partial charge in [0.05, 0.1) is 11.1 Å². The third kappa shape index (κ3) is 7.63. The molecule has 3 N–H and O–H groups in total. The minimum absolute atomic E-state index is 0.0565. The maximum atomic E-state index is 14.0. The number of ether oxygens (including phenoxy) is 2. The van der Waals surface area contributed by atoms with Crippen molar-refractivity contribution in [1.29, 1.82) is 0 Å². The SMILES string of the molecule is Cc1cc(C(C)(C)C)c(O)c(C)c1OC(=O)c1cc(C(=O)Oc2c(C)cc(C(C)(C)C)c(O)c2C)cc(-c2c(C)cc(C(C)(C)C)c(O)c2C)c1. The number of benzene rings is 4. The predicted molar refractivity (Wildman–Crippen MR) is 204 cm³/mol. The molecule has 4 aromatic rings. The highest BCUT2D eigenvalue weighted by molar-refractivity contribution is 5.99. The first-order valence-corrected chi connectivity index (χ1v) is 17.4. The Kier molecular flexibility index (Phi) is 10.3. The Morgan fingerprint density at radius 3 is 1.12 bits per heavy atom. The molecule has 4 rings (SSSR count). The topological polar surface area (TPSA) is 113 Å². The van der Waals surface area contributed by atoms with Gasteiger partial charge >= 0.3 is 11.9 Å². The molecule has 0 bridgehead atoms. The standard InChI is InChI=1S/C44H54O7/c1-22-16-31(42(7,8)9)35(45)25(4)34(22)28-19-29(40(48)50-38-23(2)17-32(43(10,11)12)36(46)26(38)5)21-30(20-28)41(49)51-39-24(3)18-33(44(13,14)15)37(47)27(39)6/h16-21,45-47H,1-15H3. The maximum Gasteiger partial charge on any atom is 0.343 e. The van der Waals surface area contributed by atoms with Crippen LogP contribution in [-0.2, 0) is 16.2 Å². The summed E-state index contributed by atoms with van der Waals surface area (Å²) in [5.41, 5.74) is 6.28. The van der Waals surface area contributed by atoms with Gasteiger partial charge in [0, 0.05) is 22.3 Å². The van der Waals surface area contributed by atoms with Gasteiger partial charge in [0.15, 0.2) is 0 Å². The Morgan fingerprint density at radius 2 is 0.784 bits per heavy atom. The molecule has 0 unspecified atom stereocenters. The second-order valence-corrected chi connectivity index (χ2v) is 17.0. The van der Waals surface area contributed by atoms with Gasteiger partial charge < -0.3 is 24.8 Å². The molecule has 0 aliphatic heterocycles. The number of phenols is 3. The van der Waals surface area contributed by atoms with Crippen molar-refractivity contribution in [3.63, 3.8) is 0 Å². The van der Waals surface area contributed by atoms with E-state index in [4.69, 9.17) is 9.47 Å². The van der Waals surface area contributed by atoms with Crippen LogP contribution in [0.3, 0.4) is 0 Å². The van der Waals surface area contributed by atoms with E-state index in [1.165, 1.54) is 6.07 Å². The van der Waals surface area contributed by atoms with Crippen LogP contribution in [0.25, 0.3) is 11.1 Å². The zero-order chi connectivity index (χ0) is 38.7. The fourth-order valence-electron chi connectivity index (χ4n) is 6.67. The molecule has 0 aromatic heterocycles. The van der Waals surface area contributed by atoms with E-state index in [1.807, 2.05) is 108 Å². The monoisotopic (exact) mass is 694 g/mol. The van der Waals surface area contributed by atoms with Crippen LogP contribution in [0, 0.1) is 41.5 Å². The molecule has 0 aliphatic rings. The van der Waals surface area contributed by atoms with Crippen LogP contribution < -0.4 is 9.47 Å². The van der Waals surface area contributed by atoms with Crippen LogP contribution in [0.1, 0.15) is 133 Å². The number of carbonyl (C=O) groups excluding carboxylic acids is 2. The summed E-state index contributed by atoms with van der Waals surface area (Å²) in [4.78, 5) is 28.0. The summed E-state index contributed by atoms with van der Waals surface area (Å²) in [5.74, 6) is -0.736. The van der Waals surface area contributed by atoms with Crippen molar-refractivity contribution in [1.82, 2.24) is 0 Å². The van der Waals surface area contributed by atoms with Gasteiger partial charge in [0.1, 0.15) is 28.7 Å². The zero-order valence-corrected chi connectivity index (χ0v) is 32.9. The van der Waals surface area contributed by atoms with E-state index in [1.54, 1.807) is 26.0 Å². The Bertz CT molecular complexity index is 1950. The van der Waals surface area contributed by atoms with Crippen LogP contribution in [0.5, 0.6) is 28.7 Å². The number of phenolic OH excluding ortho intramolecular Hbond substituents is 3. The van der Waals surface area contributed by atoms with Crippen LogP contribution in [0.2, 0.25) is 0 Å². The quantitative estimate of drug-likeness (QED) is 0.141. The minimum Gasteiger partial charge on any atom is -0.507 e. The molecule has 0 heterocycles. The van der Waals surface area contributed by atoms with Crippen LogP contribution >= 0.6 is 0 Å². The van der Waals surface area contributed by atoms with Gasteiger partial charge in [-0.05, 0) is 127 Å². The number of hydrogen-bond donors (Lipinski definition) is 3. The highest BCUT2D eigenvalue weighted by atomic mass is 16.5. The molecule has 0 spiro atoms. The summed E-state index contributed by atoms with van der Waals surface area (Å²) >= 11 is 0. The first kappa shape index (κ1) is 39.0. The molecule has 4 aromatic carbocycles. The lowest BCUT2D eigenvalue weighted by molar-refractivity contribution is 0.0732. The molecule has 0 atom stereocenters. The van der Waals surface area contributed by atoms with Gasteiger partial charge in [-0.25, -0.2) is 9.59 Å². The van der Waals surface area contributed by atoms with Crippen molar-refractivity contribution in [2.24, 2.45) is 0 Å². The van der Waals surface area contributed by atoms with E-state index in [0.29, 0.717) is 38.9 Å². The number of esters is 2. The molecular formula is C44H54O7. The summed E-state index contributed by atoms with van der Waals surface area (Å²) in [6, 6.07) is 10.3. The molecule has 0 saturated carbocycles. The first-order valence-electron chi connectivity index (χ1n) is 17.4. The van der Waals surface area contributed by atoms with Gasteiger partial charge in [-0.2, -0.15) is 0 Å². The summed E-state index contributed by atoms with van der Waals surface area (Å²) in [6.45, 7) is 28.9. The Morgan fingerprint density at radius 1 is 0.471 bits per heavy atom. The lowest BCUT2D eigenvalue weighted by atomic mass is 9.81. The Hall–Kier alpha value is -4.78. The Balaban J connectivity index is 1.91. The van der Waals surface area contributed by atoms with Crippen LogP contribution in [0.15, 0.2) is 36.4 Å². The first-order chi connectivity index (χ1) is 23.2. The third-order valence-corrected chi connectivity index (χ3v) is 9.59. The third-order valence-electron chi connectivity index (χ3n) is 9.59. The van der Waals surface area contributed by atoms with E-state index < -0.39 is 11.9 Å². The fourth-order valence-corrected chi connectivity index (χ4v) is 6.67. The van der Waals surface area contributed by atoms with Crippen molar-refractivity contribution in [2.45, 2.75) is 120 Å². The number of aromatic hydroxyl groups is 3. The molecule has 51 heavy (non-hydrogen) atoms. The van der Waals surface area contributed by atoms with Crippen molar-refractivity contribution in [3.8, 4) is 39.9 Å². The van der Waals surface area contributed by atoms with E-state index in [9.17, 15) is 24.9 Å². The van der Waals surface area contributed by atoms with Gasteiger partial charge in [-0.1, -0.05) is 68.4 Å². The summed E-state index contributed by atoms with van der Waals surface area (Å²) < 4.78 is 11.9. The van der Waals surface area contributed by atoms with E-state index in [0.717, 1.165) is 22.3 Å². The largest absolute Gasteiger partial charge is 0.507 e. The summed E-state index contributed by atoms with van der Waals surface area (Å²) in [6.07, 6.45) is 0. The van der Waals surface area contributed by atoms with Crippen molar-refractivity contribution in [2.75, 3.05) is 0 Å². The minimum atomic E-state index is -0.731. The van der Waals surface area contributed by atoms with Gasteiger partial charge in [0.25, 0.3) is 0 Å². The van der Waals surface area contributed by atoms with Gasteiger partial charge in [-0.3, -0.25) is 0 Å². The second-order valence-electron chi connectivity index (χ2n) is 17.0. The highest BCUT2D eigenvalue weighted by Gasteiger charge is 2.28. The fraction of sp³-hybridized carbons (Fsp3) is 0.409. The summed E-state index contributed by atoms with van der Waals surface area (Å²) in [7, 11) is 0. The number of hydrogen-bond acceptors (Lipinski definition) is 7. The molecule has 0 saturated heterocycles. The predicted octanol–water partition coefficient (Wildman–Crippen LogP) is 10.7. The lowest BCUT2D eigenvalue weighted by Crippen LogP contribution is -2.17. The number of aryl methyl sites for hydroxylation is 3. The molecule has 0 fully saturated rings. The lowest BCUT2D eigenvalue weighted by Gasteiger charge is -2.25. The normalized spacial score (nSPS) is 12.2. The van der Waals surface area contributed by atoms with Gasteiger partial charge in [0.2, 0.25) is 0 Å². The van der Waals surface area contributed by atoms with Crippen molar-refractivity contribution >= 4 is 11.9 Å². The van der Waals surface area contributed by atoms with Crippen molar-refractivity contribution < 1.29 is 34.4 Å². The molecule has 0 amide bonds. The molecule has 7 heteroatoms. The van der Waals surface area contributed by atoms with E-state index >= 15 is 0 Å². The number of rotatable bonds is 5. The molecule has 0 aliphatic carbocycles. The summed E-state index contributed by atoms with van der Waals surface area (Å²) in [5, 5.41) is 33.5. The average molecular weight is 695 g/mol. The van der Waals surface area contributed by atoms with Crippen LogP contribution in [-0.4, -0.2) is 27.3 Å². The maximum absolute atomic E-state index is 14.0. The molecule has 0 radical (unpaired) electrons. The van der Waals surface area contributed by atoms with E-state index in [2.05, 4.69) is 0 Å². The molecule has 272 valence electrons. The average Bonchev–Trinajstić information content (AvgIpc) is 3.00. The Labute approximate surface area is 303 Å². The highest BCUT2D eigenvalue weighted by Crippen LogP contribution is 2.43. The zero-order valence-electron chi connectivity index (χ0n) is 32.9. The van der Waals surface area contributed by atoms with E-state index in [-0.39, 0.29) is 56.1 Å². The molecule has 7 nitrogen and oxygen atoms in total. The molecular weight excluding hydrogens is 640 g/mol. The number of carbonyl (C=O) groups is 2.